The zero-order valence-electron chi connectivity index (χ0n) is 18.4. The monoisotopic (exact) mass is 496 g/mol. The summed E-state index contributed by atoms with van der Waals surface area (Å²) in [5, 5.41) is 6.43. The smallest absolute Gasteiger partial charge is 0.254 e. The molecule has 4 aliphatic rings. The third kappa shape index (κ3) is 3.19. The zero-order chi connectivity index (χ0) is 23.6. The summed E-state index contributed by atoms with van der Waals surface area (Å²) in [4.78, 5) is 26.1. The summed E-state index contributed by atoms with van der Waals surface area (Å²) in [7, 11) is 1.55. The van der Waals surface area contributed by atoms with Crippen molar-refractivity contribution in [3.63, 3.8) is 0 Å². The largest absolute Gasteiger partial charge is 0.493 e. The molecule has 1 saturated heterocycles. The van der Waals surface area contributed by atoms with Gasteiger partial charge in [0.25, 0.3) is 11.8 Å². The molecule has 2 aromatic rings. The van der Waals surface area contributed by atoms with Crippen LogP contribution in [0.1, 0.15) is 24.0 Å². The zero-order valence-corrected chi connectivity index (χ0v) is 19.9. The van der Waals surface area contributed by atoms with Gasteiger partial charge in [-0.1, -0.05) is 41.4 Å². The number of methoxy groups -OCH3 is 1. The van der Waals surface area contributed by atoms with Crippen LogP contribution in [0.15, 0.2) is 53.7 Å². The van der Waals surface area contributed by atoms with Crippen LogP contribution >= 0.6 is 23.2 Å². The molecular weight excluding hydrogens is 475 g/mol. The van der Waals surface area contributed by atoms with Crippen LogP contribution in [-0.4, -0.2) is 30.1 Å². The number of hydrogen-bond donors (Lipinski definition) is 0. The van der Waals surface area contributed by atoms with Crippen molar-refractivity contribution >= 4 is 41.2 Å². The Hall–Kier alpha value is -2.83. The molecule has 0 N–H and O–H groups in total. The normalized spacial score (nSPS) is 27.8. The molecule has 2 bridgehead atoms. The number of fused-ring (bicyclic) bond motifs is 3. The van der Waals surface area contributed by atoms with Crippen LogP contribution < -0.4 is 9.47 Å². The van der Waals surface area contributed by atoms with Crippen molar-refractivity contribution in [1.29, 1.82) is 0 Å². The van der Waals surface area contributed by atoms with E-state index in [1.54, 1.807) is 37.4 Å². The number of rotatable bonds is 6. The van der Waals surface area contributed by atoms with Crippen LogP contribution in [0.5, 0.6) is 11.5 Å². The molecule has 3 aliphatic carbocycles. The Morgan fingerprint density at radius 2 is 1.74 bits per heavy atom. The van der Waals surface area contributed by atoms with Gasteiger partial charge >= 0.3 is 0 Å². The summed E-state index contributed by atoms with van der Waals surface area (Å²) in [5.74, 6) is 0.532. The Morgan fingerprint density at radius 3 is 2.35 bits per heavy atom. The number of allylic oxidation sites excluding steroid dienone is 2. The molecule has 174 valence electrons. The number of carbonyl (C=O) groups is 2. The second-order valence-electron chi connectivity index (χ2n) is 9.39. The molecule has 0 aromatic heterocycles. The lowest BCUT2D eigenvalue weighted by Crippen LogP contribution is -2.30. The van der Waals surface area contributed by atoms with Crippen LogP contribution in [-0.2, 0) is 16.2 Å². The maximum absolute atomic E-state index is 13.1. The number of hydrogen-bond acceptors (Lipinski definition) is 5. The molecule has 2 aromatic carbocycles. The summed E-state index contributed by atoms with van der Waals surface area (Å²) < 4.78 is 11.4. The van der Waals surface area contributed by atoms with E-state index >= 15 is 0 Å². The van der Waals surface area contributed by atoms with Gasteiger partial charge in [-0.3, -0.25) is 9.59 Å². The third-order valence-electron chi connectivity index (χ3n) is 7.74. The first-order chi connectivity index (χ1) is 16.4. The van der Waals surface area contributed by atoms with E-state index in [1.165, 1.54) is 6.21 Å². The molecule has 4 atom stereocenters. The molecule has 3 fully saturated rings. The molecule has 34 heavy (non-hydrogen) atoms. The van der Waals surface area contributed by atoms with Crippen LogP contribution in [0.4, 0.5) is 0 Å². The maximum atomic E-state index is 13.1. The lowest BCUT2D eigenvalue weighted by atomic mass is 9.85. The lowest BCUT2D eigenvalue weighted by molar-refractivity contribution is -0.141. The topological polar surface area (TPSA) is 68.2 Å². The Labute approximate surface area is 207 Å². The number of amides is 2. The minimum atomic E-state index is -0.257. The Kier molecular flexibility index (Phi) is 5.01. The van der Waals surface area contributed by atoms with E-state index in [0.29, 0.717) is 27.1 Å². The number of nitrogens with zero attached hydrogens (tertiary/aromatic N) is 2. The van der Waals surface area contributed by atoms with E-state index in [9.17, 15) is 9.59 Å². The van der Waals surface area contributed by atoms with Gasteiger partial charge in [-0.05, 0) is 66.0 Å². The van der Waals surface area contributed by atoms with E-state index < -0.39 is 0 Å². The van der Waals surface area contributed by atoms with Gasteiger partial charge in [0.1, 0.15) is 6.61 Å². The Bertz CT molecular complexity index is 1240. The fourth-order valence-corrected chi connectivity index (χ4v) is 6.44. The highest BCUT2D eigenvalue weighted by Crippen LogP contribution is 2.73. The van der Waals surface area contributed by atoms with Crippen molar-refractivity contribution in [3.8, 4) is 11.5 Å². The number of imide groups is 1. The molecule has 1 heterocycles. The fourth-order valence-electron chi connectivity index (χ4n) is 5.98. The maximum Gasteiger partial charge on any atom is 0.254 e. The van der Waals surface area contributed by atoms with E-state index in [-0.39, 0.29) is 47.5 Å². The van der Waals surface area contributed by atoms with Crippen molar-refractivity contribution in [2.45, 2.75) is 19.4 Å². The van der Waals surface area contributed by atoms with Crippen LogP contribution in [0.2, 0.25) is 10.0 Å². The van der Waals surface area contributed by atoms with E-state index in [2.05, 4.69) is 17.3 Å². The minimum Gasteiger partial charge on any atom is -0.493 e. The van der Waals surface area contributed by atoms with Crippen molar-refractivity contribution in [2.24, 2.45) is 34.2 Å². The number of benzene rings is 2. The summed E-state index contributed by atoms with van der Waals surface area (Å²) in [5.41, 5.74) is 1.66. The molecule has 1 aliphatic heterocycles. The van der Waals surface area contributed by atoms with Crippen molar-refractivity contribution in [2.75, 3.05) is 7.11 Å². The summed E-state index contributed by atoms with van der Waals surface area (Å²) in [6.07, 6.45) is 8.05. The highest BCUT2D eigenvalue weighted by atomic mass is 35.5. The number of hydrazone groups is 1. The third-order valence-corrected chi connectivity index (χ3v) is 8.32. The highest BCUT2D eigenvalue weighted by molar-refractivity contribution is 6.35. The first-order valence-electron chi connectivity index (χ1n) is 11.3. The van der Waals surface area contributed by atoms with E-state index in [4.69, 9.17) is 32.7 Å². The number of ether oxygens (including phenoxy) is 2. The molecule has 8 heteroatoms. The van der Waals surface area contributed by atoms with Gasteiger partial charge in [-0.25, -0.2) is 0 Å². The van der Waals surface area contributed by atoms with E-state index in [0.717, 1.165) is 23.4 Å². The van der Waals surface area contributed by atoms with Crippen LogP contribution in [0.3, 0.4) is 0 Å². The van der Waals surface area contributed by atoms with Crippen LogP contribution in [0.25, 0.3) is 0 Å². The molecular formula is C26H22Cl2N2O4. The molecule has 2 saturated carbocycles. The van der Waals surface area contributed by atoms with Crippen molar-refractivity contribution in [3.05, 3.63) is 69.7 Å². The molecule has 0 radical (unpaired) electrons. The highest BCUT2D eigenvalue weighted by Gasteiger charge is 2.73. The average molecular weight is 497 g/mol. The van der Waals surface area contributed by atoms with Gasteiger partial charge in [0, 0.05) is 15.6 Å². The van der Waals surface area contributed by atoms with Crippen molar-refractivity contribution in [1.82, 2.24) is 5.01 Å². The molecule has 2 amide bonds. The van der Waals surface area contributed by atoms with E-state index in [1.807, 2.05) is 6.07 Å². The molecule has 6 rings (SSSR count). The van der Waals surface area contributed by atoms with Gasteiger partial charge in [0.05, 0.1) is 25.2 Å². The van der Waals surface area contributed by atoms with Crippen LogP contribution in [0, 0.1) is 29.1 Å². The SMILES string of the molecule is COc1cc(/C=N\N2C(=O)[C@@H]3[C@H](C2=O)[C@H]2C=C[C@H]3C23CC3)ccc1OCc1ccc(Cl)cc1Cl. The van der Waals surface area contributed by atoms with Gasteiger partial charge in [0.2, 0.25) is 0 Å². The van der Waals surface area contributed by atoms with Crippen molar-refractivity contribution < 1.29 is 19.1 Å². The van der Waals surface area contributed by atoms with Gasteiger partial charge in [-0.15, -0.1) is 0 Å². The fraction of sp³-hybridized carbons (Fsp3) is 0.346. The predicted octanol–water partition coefficient (Wildman–Crippen LogP) is 5.11. The molecule has 1 spiro atoms. The minimum absolute atomic E-state index is 0.176. The Balaban J connectivity index is 1.17. The average Bonchev–Trinajstić information content (AvgIpc) is 3.43. The number of carbonyl (C=O) groups excluding carboxylic acids is 2. The second kappa shape index (κ2) is 7.85. The summed E-state index contributed by atoms with van der Waals surface area (Å²) in [6, 6.07) is 10.5. The summed E-state index contributed by atoms with van der Waals surface area (Å²) in [6.45, 7) is 0.247. The van der Waals surface area contributed by atoms with Gasteiger partial charge in [-0.2, -0.15) is 10.1 Å². The second-order valence-corrected chi connectivity index (χ2v) is 10.2. The first kappa shape index (κ1) is 21.7. The lowest BCUT2D eigenvalue weighted by Gasteiger charge is -2.18. The standard InChI is InChI=1S/C26H22Cl2N2O4/c1-33-21-10-14(2-7-20(21)34-13-15-3-4-16(27)11-19(15)28)12-29-30-24(31)22-17-5-6-18(23(22)25(30)32)26(17)8-9-26/h2-7,10-12,17-18,22-23H,8-9,13H2,1H3/b29-12-/t17-,18-,22-,23+/m1/s1. The quantitative estimate of drug-likeness (QED) is 0.316. The molecule has 6 nitrogen and oxygen atoms in total. The first-order valence-corrected chi connectivity index (χ1v) is 12.0. The van der Waals surface area contributed by atoms with Gasteiger partial charge < -0.3 is 9.47 Å². The Morgan fingerprint density at radius 1 is 1.03 bits per heavy atom. The molecule has 0 unspecified atom stereocenters. The predicted molar refractivity (Wildman–Crippen MR) is 128 cm³/mol. The van der Waals surface area contributed by atoms with Gasteiger partial charge in [0.15, 0.2) is 11.5 Å². The number of halogens is 2. The summed E-state index contributed by atoms with van der Waals surface area (Å²) >= 11 is 12.2.